The van der Waals surface area contributed by atoms with Gasteiger partial charge in [-0.2, -0.15) is 0 Å². The summed E-state index contributed by atoms with van der Waals surface area (Å²) in [5.74, 6) is -3.05. The van der Waals surface area contributed by atoms with Crippen molar-refractivity contribution in [1.82, 2.24) is 10.2 Å². The van der Waals surface area contributed by atoms with Crippen LogP contribution in [0.3, 0.4) is 0 Å². The fraction of sp³-hybridized carbons (Fsp3) is 0.538. The molecule has 0 aromatic heterocycles. The van der Waals surface area contributed by atoms with E-state index in [2.05, 4.69) is 10.1 Å². The van der Waals surface area contributed by atoms with Crippen LogP contribution >= 0.6 is 11.8 Å². The molecule has 2 aliphatic rings. The van der Waals surface area contributed by atoms with Gasteiger partial charge in [0.15, 0.2) is 5.75 Å². The molecule has 2 rings (SSSR count). The minimum Gasteiger partial charge on any atom is -0.616 e. The number of carbonyl (C=O) groups excluding carboxylic acids is 3. The second-order valence-corrected chi connectivity index (χ2v) is 7.91. The maximum Gasteiger partial charge on any atom is 0.404 e. The molecule has 0 aromatic rings. The topological polar surface area (TPSA) is 171 Å². The summed E-state index contributed by atoms with van der Waals surface area (Å²) in [5.41, 5.74) is 2.98. The molecule has 0 saturated carbocycles. The quantitative estimate of drug-likeness (QED) is 0.249. The molecule has 1 unspecified atom stereocenters. The summed E-state index contributed by atoms with van der Waals surface area (Å²) >= 11 is -0.295. The number of carboxylic acids is 1. The molecule has 0 aromatic carbocycles. The lowest BCUT2D eigenvalue weighted by atomic mass is 9.98. The summed E-state index contributed by atoms with van der Waals surface area (Å²) in [5, 5.41) is 11.0. The van der Waals surface area contributed by atoms with Crippen LogP contribution in [0.1, 0.15) is 0 Å². The summed E-state index contributed by atoms with van der Waals surface area (Å²) in [6, 6.07) is 0. The monoisotopic (exact) mass is 407 g/mol. The SMILES string of the molecule is CO[C@@]1(NC(=O)C[S+](C)[O-])C(=O)N2C(C(=O)O)=C(COC(N)=O)CS[C@@H]21. The van der Waals surface area contributed by atoms with Crippen LogP contribution < -0.4 is 11.1 Å². The molecule has 26 heavy (non-hydrogen) atoms. The molecule has 13 heteroatoms. The number of nitrogens with one attached hydrogen (secondary N) is 1. The minimum absolute atomic E-state index is 0.115. The average Bonchev–Trinajstić information content (AvgIpc) is 2.55. The molecule has 144 valence electrons. The molecular weight excluding hydrogens is 390 g/mol. The number of aliphatic carboxylic acids is 1. The fourth-order valence-corrected chi connectivity index (χ4v) is 4.50. The number of hydrogen-bond acceptors (Lipinski definition) is 8. The predicted octanol–water partition coefficient (Wildman–Crippen LogP) is -1.83. The highest BCUT2D eigenvalue weighted by Crippen LogP contribution is 2.46. The van der Waals surface area contributed by atoms with Gasteiger partial charge in [-0.3, -0.25) is 14.5 Å². The number of methoxy groups -OCH3 is 1. The summed E-state index contributed by atoms with van der Waals surface area (Å²) in [4.78, 5) is 47.9. The third kappa shape index (κ3) is 3.60. The van der Waals surface area contributed by atoms with Gasteiger partial charge in [0.25, 0.3) is 17.5 Å². The van der Waals surface area contributed by atoms with Crippen LogP contribution in [0.25, 0.3) is 0 Å². The lowest BCUT2D eigenvalue weighted by Crippen LogP contribution is -2.81. The van der Waals surface area contributed by atoms with Crippen LogP contribution in [0.5, 0.6) is 0 Å². The van der Waals surface area contributed by atoms with Crippen LogP contribution in [0.2, 0.25) is 0 Å². The Morgan fingerprint density at radius 1 is 1.54 bits per heavy atom. The lowest BCUT2D eigenvalue weighted by molar-refractivity contribution is -0.192. The number of β-lactam (4-membered cyclic amide) rings is 1. The van der Waals surface area contributed by atoms with E-state index in [0.29, 0.717) is 0 Å². The zero-order valence-electron chi connectivity index (χ0n) is 13.8. The molecule has 1 fully saturated rings. The van der Waals surface area contributed by atoms with Crippen molar-refractivity contribution in [3.8, 4) is 0 Å². The average molecular weight is 407 g/mol. The van der Waals surface area contributed by atoms with E-state index in [1.165, 1.54) is 13.4 Å². The predicted molar refractivity (Wildman–Crippen MR) is 90.1 cm³/mol. The number of nitrogens with two attached hydrogens (primary N) is 1. The number of thioether (sulfide) groups is 1. The normalized spacial score (nSPS) is 25.9. The number of fused-ring (bicyclic) bond motifs is 1. The first kappa shape index (κ1) is 20.4. The molecule has 0 radical (unpaired) electrons. The maximum absolute atomic E-state index is 12.6. The first-order valence-corrected chi connectivity index (χ1v) is 9.90. The maximum atomic E-state index is 12.6. The van der Waals surface area contributed by atoms with E-state index < -0.39 is 46.2 Å². The zero-order chi connectivity index (χ0) is 19.6. The molecule has 11 nitrogen and oxygen atoms in total. The van der Waals surface area contributed by atoms with Gasteiger partial charge >= 0.3 is 12.1 Å². The van der Waals surface area contributed by atoms with Gasteiger partial charge in [-0.1, -0.05) is 0 Å². The van der Waals surface area contributed by atoms with E-state index in [4.69, 9.17) is 10.5 Å². The van der Waals surface area contributed by atoms with Crippen LogP contribution in [0, 0.1) is 0 Å². The second-order valence-electron chi connectivity index (χ2n) is 5.41. The van der Waals surface area contributed by atoms with Crippen molar-refractivity contribution >= 4 is 46.8 Å². The number of hydrogen-bond donors (Lipinski definition) is 3. The third-order valence-corrected chi connectivity index (χ3v) is 5.73. The highest BCUT2D eigenvalue weighted by atomic mass is 32.2. The van der Waals surface area contributed by atoms with Gasteiger partial charge in [-0.25, -0.2) is 9.59 Å². The smallest absolute Gasteiger partial charge is 0.404 e. The first-order valence-electron chi connectivity index (χ1n) is 7.13. The number of carbonyl (C=O) groups is 4. The Bertz CT molecular complexity index is 682. The van der Waals surface area contributed by atoms with Gasteiger partial charge in [0, 0.05) is 18.4 Å². The van der Waals surface area contributed by atoms with Crippen molar-refractivity contribution in [2.24, 2.45) is 5.73 Å². The Labute approximate surface area is 155 Å². The highest BCUT2D eigenvalue weighted by molar-refractivity contribution is 8.00. The largest absolute Gasteiger partial charge is 0.616 e. The van der Waals surface area contributed by atoms with E-state index in [0.717, 1.165) is 16.7 Å². The third-order valence-electron chi connectivity index (χ3n) is 3.68. The van der Waals surface area contributed by atoms with Crippen molar-refractivity contribution in [2.45, 2.75) is 11.1 Å². The number of carboxylic acid groups (broad SMARTS) is 1. The summed E-state index contributed by atoms with van der Waals surface area (Å²) in [6.45, 7) is -0.373. The molecule has 1 saturated heterocycles. The van der Waals surface area contributed by atoms with Gasteiger partial charge in [0.1, 0.15) is 17.7 Å². The number of nitrogens with zero attached hydrogens (tertiary/aromatic N) is 1. The Hall–Kier alpha value is -1.96. The van der Waals surface area contributed by atoms with Gasteiger partial charge in [0.2, 0.25) is 0 Å². The minimum atomic E-state index is -1.75. The van der Waals surface area contributed by atoms with Gasteiger partial charge in [-0.05, 0) is 11.2 Å². The van der Waals surface area contributed by atoms with E-state index >= 15 is 0 Å². The van der Waals surface area contributed by atoms with Gasteiger partial charge < -0.3 is 30.2 Å². The van der Waals surface area contributed by atoms with Crippen LogP contribution in [0.4, 0.5) is 4.79 Å². The molecule has 3 atom stereocenters. The number of amides is 3. The van der Waals surface area contributed by atoms with Crippen molar-refractivity contribution in [2.75, 3.05) is 31.5 Å². The summed E-state index contributed by atoms with van der Waals surface area (Å²) in [7, 11) is 1.20. The summed E-state index contributed by atoms with van der Waals surface area (Å²) in [6.07, 6.45) is 0.259. The number of rotatable bonds is 7. The van der Waals surface area contributed by atoms with Crippen LogP contribution in [-0.2, 0) is 35.0 Å². The summed E-state index contributed by atoms with van der Waals surface area (Å²) < 4.78 is 21.0. The molecule has 3 amide bonds. The Morgan fingerprint density at radius 3 is 2.69 bits per heavy atom. The molecule has 2 aliphatic heterocycles. The van der Waals surface area contributed by atoms with E-state index in [9.17, 15) is 28.8 Å². The zero-order valence-corrected chi connectivity index (χ0v) is 15.5. The van der Waals surface area contributed by atoms with E-state index in [1.807, 2.05) is 0 Å². The van der Waals surface area contributed by atoms with Crippen LogP contribution in [0.15, 0.2) is 11.3 Å². The number of ether oxygens (including phenoxy) is 2. The van der Waals surface area contributed by atoms with Crippen molar-refractivity contribution < 1.29 is 38.3 Å². The molecular formula is C13H17N3O8S2. The van der Waals surface area contributed by atoms with E-state index in [1.54, 1.807) is 0 Å². The molecule has 0 aliphatic carbocycles. The van der Waals surface area contributed by atoms with Crippen molar-refractivity contribution in [3.05, 3.63) is 11.3 Å². The second kappa shape index (κ2) is 7.73. The molecule has 2 heterocycles. The standard InChI is InChI=1S/C13H17N3O8S2/c1-23-13(15-7(17)5-26(2)22)10(20)16-8(9(18)19)6(3-24-12(14)21)4-25-11(13)16/h11H,3-5H2,1-2H3,(H2,14,21)(H,15,17)(H,18,19)/t11-,13+,26?/m1/s1. The Balaban J connectivity index is 2.28. The molecule has 0 bridgehead atoms. The molecule has 0 spiro atoms. The van der Waals surface area contributed by atoms with Crippen LogP contribution in [-0.4, -0.2) is 81.0 Å². The van der Waals surface area contributed by atoms with Crippen molar-refractivity contribution in [3.63, 3.8) is 0 Å². The molecule has 4 N–H and O–H groups in total. The highest BCUT2D eigenvalue weighted by Gasteiger charge is 2.66. The van der Waals surface area contributed by atoms with Gasteiger partial charge in [-0.15, -0.1) is 11.8 Å². The number of primary amides is 1. The van der Waals surface area contributed by atoms with Gasteiger partial charge in [0.05, 0.1) is 6.26 Å². The first-order chi connectivity index (χ1) is 12.1. The fourth-order valence-electron chi connectivity index (χ4n) is 2.64. The Kier molecular flexibility index (Phi) is 6.05. The van der Waals surface area contributed by atoms with Crippen molar-refractivity contribution in [1.29, 1.82) is 0 Å². The Morgan fingerprint density at radius 2 is 2.19 bits per heavy atom. The van der Waals surface area contributed by atoms with E-state index in [-0.39, 0.29) is 29.4 Å². The lowest BCUT2D eigenvalue weighted by Gasteiger charge is -2.55.